The van der Waals surface area contributed by atoms with Crippen LogP contribution in [0.1, 0.15) is 46.4 Å². The van der Waals surface area contributed by atoms with Crippen molar-refractivity contribution < 1.29 is 14.6 Å². The van der Waals surface area contributed by atoms with E-state index in [2.05, 4.69) is 16.3 Å². The number of piperidine rings is 1. The molecule has 0 unspecified atom stereocenters. The van der Waals surface area contributed by atoms with Crippen molar-refractivity contribution in [1.82, 2.24) is 20.1 Å². The Labute approximate surface area is 204 Å². The van der Waals surface area contributed by atoms with Gasteiger partial charge in [0.05, 0.1) is 29.4 Å². The zero-order chi connectivity index (χ0) is 24.4. The van der Waals surface area contributed by atoms with Gasteiger partial charge in [0, 0.05) is 18.7 Å². The molecule has 5 rings (SSSR count). The number of phenolic OH excluding ortho intramolecular Hbond substituents is 1. The third-order valence-electron chi connectivity index (χ3n) is 6.45. The van der Waals surface area contributed by atoms with E-state index in [9.17, 15) is 9.90 Å². The molecule has 7 heteroatoms. The van der Waals surface area contributed by atoms with Gasteiger partial charge in [-0.05, 0) is 85.9 Å². The number of aromatic amines is 1. The topological polar surface area (TPSA) is 91.3 Å². The molecule has 1 aliphatic rings. The molecule has 35 heavy (non-hydrogen) atoms. The Kier molecular flexibility index (Phi) is 6.23. The summed E-state index contributed by atoms with van der Waals surface area (Å²) in [6, 6.07) is 14.6. The number of carbonyl (C=O) groups is 1. The summed E-state index contributed by atoms with van der Waals surface area (Å²) < 4.78 is 5.36. The summed E-state index contributed by atoms with van der Waals surface area (Å²) in [5.74, 6) is 1.02. The number of carbonyl (C=O) groups excluding carboxylic acids is 1. The van der Waals surface area contributed by atoms with Crippen molar-refractivity contribution in [3.05, 3.63) is 70.9 Å². The molecule has 4 aromatic rings. The standard InChI is InChI=1S/C28H28N4O3/c1-18-16-19(7-13-25(18)35-2)6-12-23-26-22(28(34)32-14-4-3-5-15-32)17-24(29-27(26)31-30-23)20-8-10-21(33)11-9-20/h6-13,16-17,33H,3-5,14-15H2,1-2H3,(H,29,30,31)/b12-6+. The Morgan fingerprint density at radius 2 is 1.83 bits per heavy atom. The van der Waals surface area contributed by atoms with Crippen LogP contribution in [0.15, 0.2) is 48.5 Å². The Bertz CT molecular complexity index is 1400. The molecule has 0 bridgehead atoms. The van der Waals surface area contributed by atoms with Gasteiger partial charge in [-0.25, -0.2) is 4.98 Å². The number of likely N-dealkylation sites (tertiary alicyclic amines) is 1. The first-order chi connectivity index (χ1) is 17.0. The molecule has 0 saturated carbocycles. The van der Waals surface area contributed by atoms with Gasteiger partial charge in [-0.2, -0.15) is 5.10 Å². The van der Waals surface area contributed by atoms with Crippen LogP contribution in [-0.4, -0.2) is 51.3 Å². The molecule has 2 aromatic heterocycles. The van der Waals surface area contributed by atoms with E-state index in [1.165, 1.54) is 0 Å². The smallest absolute Gasteiger partial charge is 0.254 e. The zero-order valence-electron chi connectivity index (χ0n) is 19.9. The van der Waals surface area contributed by atoms with Crippen molar-refractivity contribution in [3.8, 4) is 22.8 Å². The monoisotopic (exact) mass is 468 g/mol. The lowest BCUT2D eigenvalue weighted by Crippen LogP contribution is -2.35. The average molecular weight is 469 g/mol. The van der Waals surface area contributed by atoms with Crippen molar-refractivity contribution in [3.63, 3.8) is 0 Å². The second kappa shape index (κ2) is 9.62. The van der Waals surface area contributed by atoms with Crippen LogP contribution in [0, 0.1) is 6.92 Å². The van der Waals surface area contributed by atoms with Gasteiger partial charge in [-0.1, -0.05) is 12.1 Å². The van der Waals surface area contributed by atoms with Crippen LogP contribution >= 0.6 is 0 Å². The molecule has 1 saturated heterocycles. The molecular weight excluding hydrogens is 440 g/mol. The van der Waals surface area contributed by atoms with E-state index in [4.69, 9.17) is 9.72 Å². The summed E-state index contributed by atoms with van der Waals surface area (Å²) >= 11 is 0. The summed E-state index contributed by atoms with van der Waals surface area (Å²) in [5, 5.41) is 17.9. The van der Waals surface area contributed by atoms with Crippen molar-refractivity contribution in [1.29, 1.82) is 0 Å². The lowest BCUT2D eigenvalue weighted by molar-refractivity contribution is 0.0726. The van der Waals surface area contributed by atoms with Crippen LogP contribution in [0.4, 0.5) is 0 Å². The highest BCUT2D eigenvalue weighted by Gasteiger charge is 2.24. The third kappa shape index (κ3) is 4.62. The summed E-state index contributed by atoms with van der Waals surface area (Å²) in [7, 11) is 1.66. The van der Waals surface area contributed by atoms with E-state index in [-0.39, 0.29) is 11.7 Å². The number of aromatic nitrogens is 3. The van der Waals surface area contributed by atoms with Gasteiger partial charge in [0.25, 0.3) is 5.91 Å². The number of rotatable bonds is 5. The van der Waals surface area contributed by atoms with Crippen LogP contribution in [0.2, 0.25) is 0 Å². The minimum atomic E-state index is -0.00605. The number of H-pyrrole nitrogens is 1. The average Bonchev–Trinajstić information content (AvgIpc) is 3.30. The highest BCUT2D eigenvalue weighted by atomic mass is 16.5. The minimum Gasteiger partial charge on any atom is -0.508 e. The summed E-state index contributed by atoms with van der Waals surface area (Å²) in [6.45, 7) is 3.52. The van der Waals surface area contributed by atoms with Crippen LogP contribution < -0.4 is 4.74 Å². The number of benzene rings is 2. The fourth-order valence-corrected chi connectivity index (χ4v) is 4.57. The van der Waals surface area contributed by atoms with Crippen LogP contribution in [-0.2, 0) is 0 Å². The molecule has 7 nitrogen and oxygen atoms in total. The molecular formula is C28H28N4O3. The molecule has 2 aromatic carbocycles. The predicted molar refractivity (Wildman–Crippen MR) is 137 cm³/mol. The summed E-state index contributed by atoms with van der Waals surface area (Å²) in [5.41, 5.74) is 5.32. The number of methoxy groups -OCH3 is 1. The van der Waals surface area contributed by atoms with E-state index in [0.717, 1.165) is 60.5 Å². The highest BCUT2D eigenvalue weighted by molar-refractivity contribution is 6.09. The van der Waals surface area contributed by atoms with E-state index in [0.29, 0.717) is 22.3 Å². The van der Waals surface area contributed by atoms with Crippen LogP contribution in [0.5, 0.6) is 11.5 Å². The van der Waals surface area contributed by atoms with Crippen molar-refractivity contribution >= 4 is 29.1 Å². The fraction of sp³-hybridized carbons (Fsp3) is 0.250. The first-order valence-electron chi connectivity index (χ1n) is 11.8. The Balaban J connectivity index is 1.59. The number of hydrogen-bond donors (Lipinski definition) is 2. The number of aromatic hydroxyl groups is 1. The largest absolute Gasteiger partial charge is 0.508 e. The normalized spacial score (nSPS) is 14.1. The van der Waals surface area contributed by atoms with Crippen molar-refractivity contribution in [2.24, 2.45) is 0 Å². The Morgan fingerprint density at radius 1 is 1.06 bits per heavy atom. The van der Waals surface area contributed by atoms with Gasteiger partial charge in [0.2, 0.25) is 0 Å². The third-order valence-corrected chi connectivity index (χ3v) is 6.45. The van der Waals surface area contributed by atoms with E-state index >= 15 is 0 Å². The van der Waals surface area contributed by atoms with Gasteiger partial charge in [-0.15, -0.1) is 0 Å². The Morgan fingerprint density at radius 3 is 2.54 bits per heavy atom. The molecule has 2 N–H and O–H groups in total. The maximum absolute atomic E-state index is 13.7. The van der Waals surface area contributed by atoms with Gasteiger partial charge in [-0.3, -0.25) is 9.89 Å². The number of ether oxygens (including phenoxy) is 1. The number of phenols is 1. The molecule has 3 heterocycles. The lowest BCUT2D eigenvalue weighted by atomic mass is 10.0. The highest BCUT2D eigenvalue weighted by Crippen LogP contribution is 2.30. The number of aryl methyl sites for hydroxylation is 1. The quantitative estimate of drug-likeness (QED) is 0.407. The number of fused-ring (bicyclic) bond motifs is 1. The predicted octanol–water partition coefficient (Wildman–Crippen LogP) is 5.44. The van der Waals surface area contributed by atoms with Gasteiger partial charge in [0.15, 0.2) is 5.65 Å². The fourth-order valence-electron chi connectivity index (χ4n) is 4.57. The molecule has 178 valence electrons. The zero-order valence-corrected chi connectivity index (χ0v) is 19.9. The van der Waals surface area contributed by atoms with Gasteiger partial charge in [0.1, 0.15) is 11.5 Å². The van der Waals surface area contributed by atoms with Crippen molar-refractivity contribution in [2.45, 2.75) is 26.2 Å². The summed E-state index contributed by atoms with van der Waals surface area (Å²) in [4.78, 5) is 20.3. The van der Waals surface area contributed by atoms with Crippen molar-refractivity contribution in [2.75, 3.05) is 20.2 Å². The first-order valence-corrected chi connectivity index (χ1v) is 11.8. The van der Waals surface area contributed by atoms with Gasteiger partial charge < -0.3 is 14.7 Å². The maximum Gasteiger partial charge on any atom is 0.254 e. The molecule has 1 aliphatic heterocycles. The van der Waals surface area contributed by atoms with E-state index in [1.807, 2.05) is 42.2 Å². The summed E-state index contributed by atoms with van der Waals surface area (Å²) in [6.07, 6.45) is 7.10. The number of nitrogens with zero attached hydrogens (tertiary/aromatic N) is 3. The SMILES string of the molecule is COc1ccc(/C=C/c2[nH]nc3nc(-c4ccc(O)cc4)cc(C(=O)N4CCCCC4)c23)cc1C. The van der Waals surface area contributed by atoms with E-state index < -0.39 is 0 Å². The molecule has 1 fully saturated rings. The van der Waals surface area contributed by atoms with Crippen LogP contribution in [0.25, 0.3) is 34.4 Å². The number of amides is 1. The first kappa shape index (κ1) is 22.7. The second-order valence-corrected chi connectivity index (χ2v) is 8.85. The molecule has 0 aliphatic carbocycles. The lowest BCUT2D eigenvalue weighted by Gasteiger charge is -2.27. The molecule has 0 radical (unpaired) electrons. The van der Waals surface area contributed by atoms with E-state index in [1.54, 1.807) is 31.4 Å². The molecule has 1 amide bonds. The molecule has 0 atom stereocenters. The van der Waals surface area contributed by atoms with Gasteiger partial charge >= 0.3 is 0 Å². The number of nitrogens with one attached hydrogen (secondary N) is 1. The van der Waals surface area contributed by atoms with Crippen LogP contribution in [0.3, 0.4) is 0 Å². The maximum atomic E-state index is 13.7. The second-order valence-electron chi connectivity index (χ2n) is 8.85. The molecule has 0 spiro atoms. The Hall–Kier alpha value is -4.13. The number of hydrogen-bond acceptors (Lipinski definition) is 5. The minimum absolute atomic E-state index is 0.00605. The number of pyridine rings is 1.